The molecule has 0 aliphatic heterocycles. The molecule has 3 aromatic carbocycles. The number of nitrogens with zero attached hydrogens (tertiary/aromatic N) is 3. The minimum atomic E-state index is -0.169. The molecular formula is C25H21N3O. The van der Waals surface area contributed by atoms with Crippen LogP contribution in [0.2, 0.25) is 0 Å². The average Bonchev–Trinajstić information content (AvgIpc) is 2.78. The highest BCUT2D eigenvalue weighted by atomic mass is 16.2. The number of aromatic nitrogens is 1. The molecule has 29 heavy (non-hydrogen) atoms. The van der Waals surface area contributed by atoms with Gasteiger partial charge in [-0.2, -0.15) is 0 Å². The van der Waals surface area contributed by atoms with Crippen molar-refractivity contribution >= 4 is 28.8 Å². The van der Waals surface area contributed by atoms with Gasteiger partial charge in [0.05, 0.1) is 22.7 Å². The van der Waals surface area contributed by atoms with E-state index in [1.165, 1.54) is 0 Å². The fraction of sp³-hybridized carbons (Fsp3) is 0.0400. The van der Waals surface area contributed by atoms with Crippen molar-refractivity contribution in [2.45, 2.75) is 6.92 Å². The Hall–Kier alpha value is -3.92. The third-order valence-corrected chi connectivity index (χ3v) is 4.62. The molecule has 0 saturated heterocycles. The Morgan fingerprint density at radius 1 is 0.586 bits per heavy atom. The summed E-state index contributed by atoms with van der Waals surface area (Å²) in [4.78, 5) is 21.5. The zero-order valence-corrected chi connectivity index (χ0v) is 16.1. The lowest BCUT2D eigenvalue weighted by molar-refractivity contribution is 0.255. The highest BCUT2D eigenvalue weighted by Crippen LogP contribution is 2.32. The summed E-state index contributed by atoms with van der Waals surface area (Å²) in [7, 11) is 0. The van der Waals surface area contributed by atoms with Crippen molar-refractivity contribution in [3.8, 4) is 0 Å². The summed E-state index contributed by atoms with van der Waals surface area (Å²) in [6, 6.07) is 30.8. The molecule has 0 atom stereocenters. The number of pyridine rings is 1. The minimum Gasteiger partial charge on any atom is -0.265 e. The van der Waals surface area contributed by atoms with E-state index in [1.807, 2.05) is 104 Å². The van der Waals surface area contributed by atoms with Crippen LogP contribution in [0.15, 0.2) is 109 Å². The second-order valence-corrected chi connectivity index (χ2v) is 6.67. The summed E-state index contributed by atoms with van der Waals surface area (Å²) in [6.07, 6.45) is 3.39. The van der Waals surface area contributed by atoms with Crippen LogP contribution in [0, 0.1) is 6.92 Å². The molecule has 1 aromatic heterocycles. The normalized spacial score (nSPS) is 10.4. The van der Waals surface area contributed by atoms with Gasteiger partial charge in [-0.25, -0.2) is 4.79 Å². The molecule has 0 radical (unpaired) electrons. The zero-order chi connectivity index (χ0) is 20.1. The number of aryl methyl sites for hydroxylation is 1. The van der Waals surface area contributed by atoms with Crippen molar-refractivity contribution in [1.82, 2.24) is 4.98 Å². The Morgan fingerprint density at radius 3 is 1.48 bits per heavy atom. The van der Waals surface area contributed by atoms with Gasteiger partial charge in [0, 0.05) is 12.4 Å². The van der Waals surface area contributed by atoms with Crippen molar-refractivity contribution in [1.29, 1.82) is 0 Å². The van der Waals surface area contributed by atoms with E-state index in [9.17, 15) is 4.79 Å². The first-order valence-electron chi connectivity index (χ1n) is 9.45. The van der Waals surface area contributed by atoms with E-state index in [2.05, 4.69) is 4.98 Å². The predicted octanol–water partition coefficient (Wildman–Crippen LogP) is 6.49. The molecular weight excluding hydrogens is 358 g/mol. The SMILES string of the molecule is Cc1ccc(N(C(=O)N(c2ccccc2)c2ccccc2)c2ccncc2)cc1. The number of benzene rings is 3. The largest absolute Gasteiger partial charge is 0.338 e. The van der Waals surface area contributed by atoms with Gasteiger partial charge in [-0.05, 0) is 55.5 Å². The van der Waals surface area contributed by atoms with Crippen molar-refractivity contribution in [3.63, 3.8) is 0 Å². The smallest absolute Gasteiger partial charge is 0.265 e. The molecule has 0 unspecified atom stereocenters. The summed E-state index contributed by atoms with van der Waals surface area (Å²) in [6.45, 7) is 2.03. The molecule has 4 rings (SSSR count). The summed E-state index contributed by atoms with van der Waals surface area (Å²) in [5.74, 6) is 0. The van der Waals surface area contributed by atoms with Crippen LogP contribution < -0.4 is 9.80 Å². The first kappa shape index (κ1) is 18.4. The Morgan fingerprint density at radius 2 is 1.00 bits per heavy atom. The lowest BCUT2D eigenvalue weighted by Gasteiger charge is -2.31. The van der Waals surface area contributed by atoms with Gasteiger partial charge >= 0.3 is 6.03 Å². The van der Waals surface area contributed by atoms with Crippen LogP contribution in [0.1, 0.15) is 5.56 Å². The van der Waals surface area contributed by atoms with Crippen molar-refractivity contribution in [3.05, 3.63) is 115 Å². The number of carbonyl (C=O) groups is 1. The molecule has 0 aliphatic carbocycles. The van der Waals surface area contributed by atoms with Gasteiger partial charge in [0.15, 0.2) is 0 Å². The van der Waals surface area contributed by atoms with E-state index in [-0.39, 0.29) is 6.03 Å². The maximum atomic E-state index is 14.0. The van der Waals surface area contributed by atoms with Gasteiger partial charge in [0.25, 0.3) is 0 Å². The summed E-state index contributed by atoms with van der Waals surface area (Å²) < 4.78 is 0. The number of para-hydroxylation sites is 2. The van der Waals surface area contributed by atoms with Crippen molar-refractivity contribution < 1.29 is 4.79 Å². The van der Waals surface area contributed by atoms with E-state index < -0.39 is 0 Å². The summed E-state index contributed by atoms with van der Waals surface area (Å²) in [5, 5.41) is 0. The van der Waals surface area contributed by atoms with Gasteiger partial charge in [-0.3, -0.25) is 14.8 Å². The van der Waals surface area contributed by atoms with E-state index >= 15 is 0 Å². The van der Waals surface area contributed by atoms with Gasteiger partial charge < -0.3 is 0 Å². The molecule has 1 heterocycles. The highest BCUT2D eigenvalue weighted by molar-refractivity contribution is 6.12. The minimum absolute atomic E-state index is 0.169. The van der Waals surface area contributed by atoms with Crippen LogP contribution >= 0.6 is 0 Å². The Balaban J connectivity index is 1.85. The second kappa shape index (κ2) is 8.40. The van der Waals surface area contributed by atoms with Gasteiger partial charge in [0.2, 0.25) is 0 Å². The third kappa shape index (κ3) is 4.01. The number of hydrogen-bond acceptors (Lipinski definition) is 2. The van der Waals surface area contributed by atoms with Gasteiger partial charge in [-0.15, -0.1) is 0 Å². The van der Waals surface area contributed by atoms with Crippen LogP contribution in [0.3, 0.4) is 0 Å². The topological polar surface area (TPSA) is 36.4 Å². The highest BCUT2D eigenvalue weighted by Gasteiger charge is 2.26. The number of amides is 2. The van der Waals surface area contributed by atoms with E-state index in [1.54, 1.807) is 22.2 Å². The van der Waals surface area contributed by atoms with Crippen LogP contribution in [-0.4, -0.2) is 11.0 Å². The first-order valence-corrected chi connectivity index (χ1v) is 9.45. The third-order valence-electron chi connectivity index (χ3n) is 4.62. The number of hydrogen-bond donors (Lipinski definition) is 0. The number of anilines is 4. The van der Waals surface area contributed by atoms with E-state index in [0.717, 1.165) is 28.3 Å². The molecule has 0 aliphatic rings. The summed E-state index contributed by atoms with van der Waals surface area (Å²) in [5.41, 5.74) is 4.29. The standard InChI is InChI=1S/C25H21N3O/c1-20-12-14-23(15-13-20)28(24-16-18-26-19-17-24)25(29)27(21-8-4-2-5-9-21)22-10-6-3-7-11-22/h2-19H,1H3. The maximum absolute atomic E-state index is 14.0. The molecule has 0 bridgehead atoms. The molecule has 2 amide bonds. The lowest BCUT2D eigenvalue weighted by atomic mass is 10.2. The van der Waals surface area contributed by atoms with Crippen LogP contribution in [-0.2, 0) is 0 Å². The molecule has 0 N–H and O–H groups in total. The Bertz CT molecular complexity index is 1030. The quantitative estimate of drug-likeness (QED) is 0.406. The number of carbonyl (C=O) groups excluding carboxylic acids is 1. The molecule has 4 heteroatoms. The predicted molar refractivity (Wildman–Crippen MR) is 118 cm³/mol. The lowest BCUT2D eigenvalue weighted by Crippen LogP contribution is -2.38. The molecule has 0 fully saturated rings. The molecule has 142 valence electrons. The Kier molecular flexibility index (Phi) is 5.34. The van der Waals surface area contributed by atoms with Crippen LogP contribution in [0.5, 0.6) is 0 Å². The monoisotopic (exact) mass is 379 g/mol. The zero-order valence-electron chi connectivity index (χ0n) is 16.1. The average molecular weight is 379 g/mol. The van der Waals surface area contributed by atoms with Crippen LogP contribution in [0.4, 0.5) is 27.5 Å². The van der Waals surface area contributed by atoms with Crippen molar-refractivity contribution in [2.75, 3.05) is 9.80 Å². The second-order valence-electron chi connectivity index (χ2n) is 6.67. The fourth-order valence-electron chi connectivity index (χ4n) is 3.18. The molecule has 4 nitrogen and oxygen atoms in total. The van der Waals surface area contributed by atoms with Gasteiger partial charge in [0.1, 0.15) is 0 Å². The maximum Gasteiger partial charge on any atom is 0.338 e. The molecule has 4 aromatic rings. The first-order chi connectivity index (χ1) is 14.2. The molecule has 0 spiro atoms. The van der Waals surface area contributed by atoms with E-state index in [0.29, 0.717) is 0 Å². The Labute approximate surface area is 170 Å². The number of urea groups is 1. The number of rotatable bonds is 4. The van der Waals surface area contributed by atoms with Crippen molar-refractivity contribution in [2.24, 2.45) is 0 Å². The molecule has 0 saturated carbocycles. The fourth-order valence-corrected chi connectivity index (χ4v) is 3.18. The summed E-state index contributed by atoms with van der Waals surface area (Å²) >= 11 is 0. The van der Waals surface area contributed by atoms with E-state index in [4.69, 9.17) is 0 Å². The van der Waals surface area contributed by atoms with Crippen LogP contribution in [0.25, 0.3) is 0 Å². The van der Waals surface area contributed by atoms with Gasteiger partial charge in [-0.1, -0.05) is 54.1 Å².